The van der Waals surface area contributed by atoms with E-state index in [1.165, 1.54) is 0 Å². The van der Waals surface area contributed by atoms with E-state index >= 15 is 0 Å². The predicted molar refractivity (Wildman–Crippen MR) is 105 cm³/mol. The SMILES string of the molecule is CNC(=O)[C@]1([C@H](/C=C\c2ccccc2)c2cccc(OC)c2)CCC(=O)N1. The molecule has 3 rings (SSSR count). The third kappa shape index (κ3) is 3.87. The topological polar surface area (TPSA) is 67.4 Å². The van der Waals surface area contributed by atoms with Gasteiger partial charge in [-0.2, -0.15) is 0 Å². The summed E-state index contributed by atoms with van der Waals surface area (Å²) in [6.07, 6.45) is 4.74. The number of carbonyl (C=O) groups is 2. The monoisotopic (exact) mass is 364 g/mol. The summed E-state index contributed by atoms with van der Waals surface area (Å²) in [5, 5.41) is 5.67. The van der Waals surface area contributed by atoms with Gasteiger partial charge in [0.25, 0.3) is 0 Å². The molecule has 0 radical (unpaired) electrons. The third-order valence-electron chi connectivity index (χ3n) is 5.01. The zero-order valence-electron chi connectivity index (χ0n) is 15.6. The van der Waals surface area contributed by atoms with Crippen LogP contribution in [0, 0.1) is 0 Å². The van der Waals surface area contributed by atoms with Crippen LogP contribution in [0.4, 0.5) is 0 Å². The quantitative estimate of drug-likeness (QED) is 0.828. The van der Waals surface area contributed by atoms with E-state index < -0.39 is 5.54 Å². The molecule has 0 saturated carbocycles. The Hall–Kier alpha value is -3.08. The molecule has 27 heavy (non-hydrogen) atoms. The van der Waals surface area contributed by atoms with Crippen molar-refractivity contribution in [2.24, 2.45) is 0 Å². The Bertz CT molecular complexity index is 848. The molecule has 0 aliphatic carbocycles. The van der Waals surface area contributed by atoms with E-state index in [4.69, 9.17) is 4.74 Å². The first-order valence-corrected chi connectivity index (χ1v) is 8.99. The number of amides is 2. The van der Waals surface area contributed by atoms with Crippen LogP contribution in [-0.2, 0) is 9.59 Å². The van der Waals surface area contributed by atoms with Gasteiger partial charge in [0, 0.05) is 19.4 Å². The molecule has 1 fully saturated rings. The number of hydrogen-bond donors (Lipinski definition) is 2. The smallest absolute Gasteiger partial charge is 0.246 e. The maximum atomic E-state index is 12.9. The highest BCUT2D eigenvalue weighted by molar-refractivity contribution is 5.96. The molecule has 140 valence electrons. The zero-order valence-corrected chi connectivity index (χ0v) is 15.6. The van der Waals surface area contributed by atoms with Crippen LogP contribution in [0.25, 0.3) is 6.08 Å². The van der Waals surface area contributed by atoms with Crippen LogP contribution in [0.1, 0.15) is 29.9 Å². The predicted octanol–water partition coefficient (Wildman–Crippen LogP) is 2.89. The minimum absolute atomic E-state index is 0.111. The van der Waals surface area contributed by atoms with Crippen molar-refractivity contribution in [3.8, 4) is 5.75 Å². The van der Waals surface area contributed by atoms with Gasteiger partial charge in [-0.15, -0.1) is 0 Å². The maximum Gasteiger partial charge on any atom is 0.246 e. The molecule has 1 heterocycles. The van der Waals surface area contributed by atoms with Crippen molar-refractivity contribution < 1.29 is 14.3 Å². The van der Waals surface area contributed by atoms with Crippen LogP contribution in [0.2, 0.25) is 0 Å². The Labute approximate surface area is 159 Å². The summed E-state index contributed by atoms with van der Waals surface area (Å²) in [6, 6.07) is 17.5. The minimum atomic E-state index is -1.02. The highest BCUT2D eigenvalue weighted by atomic mass is 16.5. The van der Waals surface area contributed by atoms with Crippen LogP contribution in [-0.4, -0.2) is 31.5 Å². The third-order valence-corrected chi connectivity index (χ3v) is 5.01. The second-order valence-corrected chi connectivity index (χ2v) is 6.62. The van der Waals surface area contributed by atoms with Crippen molar-refractivity contribution in [2.75, 3.05) is 14.2 Å². The van der Waals surface area contributed by atoms with Gasteiger partial charge in [-0.25, -0.2) is 0 Å². The van der Waals surface area contributed by atoms with Gasteiger partial charge in [-0.1, -0.05) is 54.6 Å². The van der Waals surface area contributed by atoms with E-state index in [0.29, 0.717) is 18.6 Å². The molecule has 2 amide bonds. The Morgan fingerprint density at radius 1 is 1.22 bits per heavy atom. The summed E-state index contributed by atoms with van der Waals surface area (Å²) >= 11 is 0. The highest BCUT2D eigenvalue weighted by Gasteiger charge is 2.49. The van der Waals surface area contributed by atoms with Crippen LogP contribution in [0.15, 0.2) is 60.7 Å². The summed E-state index contributed by atoms with van der Waals surface area (Å²) in [6.45, 7) is 0. The zero-order chi connectivity index (χ0) is 19.3. The van der Waals surface area contributed by atoms with Gasteiger partial charge >= 0.3 is 0 Å². The van der Waals surface area contributed by atoms with Crippen molar-refractivity contribution in [1.82, 2.24) is 10.6 Å². The van der Waals surface area contributed by atoms with Crippen LogP contribution in [0.3, 0.4) is 0 Å². The van der Waals surface area contributed by atoms with Gasteiger partial charge in [0.05, 0.1) is 7.11 Å². The molecule has 2 aromatic rings. The molecule has 5 heteroatoms. The summed E-state index contributed by atoms with van der Waals surface area (Å²) in [7, 11) is 3.21. The second kappa shape index (κ2) is 8.08. The van der Waals surface area contributed by atoms with E-state index in [0.717, 1.165) is 11.1 Å². The summed E-state index contributed by atoms with van der Waals surface area (Å²) < 4.78 is 5.36. The number of rotatable bonds is 6. The number of methoxy groups -OCH3 is 1. The average Bonchev–Trinajstić information content (AvgIpc) is 3.11. The van der Waals surface area contributed by atoms with E-state index in [9.17, 15) is 9.59 Å². The van der Waals surface area contributed by atoms with Crippen molar-refractivity contribution in [3.05, 3.63) is 71.8 Å². The Morgan fingerprint density at radius 2 is 2.00 bits per heavy atom. The molecule has 0 bridgehead atoms. The Kier molecular flexibility index (Phi) is 5.60. The van der Waals surface area contributed by atoms with Gasteiger partial charge < -0.3 is 15.4 Å². The van der Waals surface area contributed by atoms with Crippen molar-refractivity contribution in [1.29, 1.82) is 0 Å². The lowest BCUT2D eigenvalue weighted by atomic mass is 9.76. The number of nitrogens with one attached hydrogen (secondary N) is 2. The number of hydrogen-bond acceptors (Lipinski definition) is 3. The molecule has 1 aliphatic heterocycles. The number of carbonyl (C=O) groups excluding carboxylic acids is 2. The fraction of sp³-hybridized carbons (Fsp3) is 0.273. The lowest BCUT2D eigenvalue weighted by Crippen LogP contribution is -2.57. The van der Waals surface area contributed by atoms with Gasteiger partial charge in [0.1, 0.15) is 11.3 Å². The molecule has 2 atom stereocenters. The standard InChI is InChI=1S/C22H24N2O3/c1-23-21(26)22(14-13-20(25)24-22)19(12-11-16-7-4-3-5-8-16)17-9-6-10-18(15-17)27-2/h3-12,15,19H,13-14H2,1-2H3,(H,23,26)(H,24,25)/b12-11-/t19-,22-/m1/s1. The van der Waals surface area contributed by atoms with Crippen molar-refractivity contribution >= 4 is 17.9 Å². The van der Waals surface area contributed by atoms with E-state index in [2.05, 4.69) is 10.6 Å². The maximum absolute atomic E-state index is 12.9. The van der Waals surface area contributed by atoms with Crippen LogP contribution in [0.5, 0.6) is 5.75 Å². The molecule has 0 spiro atoms. The number of likely N-dealkylation sites (N-methyl/N-ethyl adjacent to an activating group) is 1. The van der Waals surface area contributed by atoms with Gasteiger partial charge in [-0.05, 0) is 29.7 Å². The van der Waals surface area contributed by atoms with Gasteiger partial charge in [-0.3, -0.25) is 9.59 Å². The van der Waals surface area contributed by atoms with E-state index in [-0.39, 0.29) is 17.7 Å². The molecule has 1 saturated heterocycles. The van der Waals surface area contributed by atoms with E-state index in [1.807, 2.05) is 66.7 Å². The van der Waals surface area contributed by atoms with Crippen LogP contribution >= 0.6 is 0 Å². The molecular weight excluding hydrogens is 340 g/mol. The van der Waals surface area contributed by atoms with Crippen LogP contribution < -0.4 is 15.4 Å². The Morgan fingerprint density at radius 3 is 2.63 bits per heavy atom. The first-order valence-electron chi connectivity index (χ1n) is 8.99. The number of benzene rings is 2. The molecule has 2 N–H and O–H groups in total. The first-order chi connectivity index (χ1) is 13.1. The van der Waals surface area contributed by atoms with Crippen molar-refractivity contribution in [3.63, 3.8) is 0 Å². The lowest BCUT2D eigenvalue weighted by molar-refractivity contribution is -0.130. The second-order valence-electron chi connectivity index (χ2n) is 6.62. The minimum Gasteiger partial charge on any atom is -0.497 e. The molecular formula is C22H24N2O3. The highest BCUT2D eigenvalue weighted by Crippen LogP contribution is 2.38. The normalized spacial score (nSPS) is 20.3. The molecule has 0 unspecified atom stereocenters. The molecule has 5 nitrogen and oxygen atoms in total. The molecule has 2 aromatic carbocycles. The van der Waals surface area contributed by atoms with Gasteiger partial charge in [0.2, 0.25) is 11.8 Å². The summed E-state index contributed by atoms with van der Waals surface area (Å²) in [5.41, 5.74) is 0.915. The Balaban J connectivity index is 2.09. The molecule has 0 aromatic heterocycles. The summed E-state index contributed by atoms with van der Waals surface area (Å²) in [4.78, 5) is 24.9. The fourth-order valence-corrected chi connectivity index (χ4v) is 3.62. The molecule has 1 aliphatic rings. The average molecular weight is 364 g/mol. The largest absolute Gasteiger partial charge is 0.497 e. The number of ether oxygens (including phenoxy) is 1. The summed E-state index contributed by atoms with van der Waals surface area (Å²) in [5.74, 6) is 0.0692. The first kappa shape index (κ1) is 18.7. The van der Waals surface area contributed by atoms with E-state index in [1.54, 1.807) is 14.2 Å². The fourth-order valence-electron chi connectivity index (χ4n) is 3.62. The van der Waals surface area contributed by atoms with Gasteiger partial charge in [0.15, 0.2) is 0 Å². The lowest BCUT2D eigenvalue weighted by Gasteiger charge is -2.34. The van der Waals surface area contributed by atoms with Crippen molar-refractivity contribution in [2.45, 2.75) is 24.3 Å².